The van der Waals surface area contributed by atoms with E-state index in [1.54, 1.807) is 37.5 Å². The van der Waals surface area contributed by atoms with Crippen molar-refractivity contribution < 1.29 is 13.9 Å². The molecule has 2 nitrogen and oxygen atoms in total. The van der Waals surface area contributed by atoms with Crippen molar-refractivity contribution in [2.75, 3.05) is 0 Å². The molecule has 1 atom stereocenters. The second-order valence-electron chi connectivity index (χ2n) is 4.04. The summed E-state index contributed by atoms with van der Waals surface area (Å²) in [7, 11) is 0. The molecule has 0 fully saturated rings. The third-order valence-corrected chi connectivity index (χ3v) is 2.56. The molecule has 0 spiro atoms. The predicted octanol–water partition coefficient (Wildman–Crippen LogP) is 2.87. The molecule has 0 aliphatic carbocycles. The van der Waals surface area contributed by atoms with Gasteiger partial charge in [-0.25, -0.2) is 4.39 Å². The average Bonchev–Trinajstić information content (AvgIpc) is 2.70. The zero-order chi connectivity index (χ0) is 11.6. The molecular weight excluding hydrogens is 207 g/mol. The van der Waals surface area contributed by atoms with Gasteiger partial charge in [0.05, 0.1) is 11.9 Å². The Hall–Kier alpha value is -1.61. The Bertz CT molecular complexity index is 443. The van der Waals surface area contributed by atoms with Crippen molar-refractivity contribution in [3.05, 3.63) is 59.8 Å². The van der Waals surface area contributed by atoms with Crippen molar-refractivity contribution in [2.45, 2.75) is 18.9 Å². The topological polar surface area (TPSA) is 33.4 Å². The highest BCUT2D eigenvalue weighted by Crippen LogP contribution is 2.25. The van der Waals surface area contributed by atoms with E-state index < -0.39 is 5.60 Å². The van der Waals surface area contributed by atoms with Crippen LogP contribution in [0.5, 0.6) is 0 Å². The van der Waals surface area contributed by atoms with Crippen LogP contribution in [0, 0.1) is 5.82 Å². The van der Waals surface area contributed by atoms with E-state index >= 15 is 0 Å². The lowest BCUT2D eigenvalue weighted by molar-refractivity contribution is 0.0520. The van der Waals surface area contributed by atoms with Gasteiger partial charge in [-0.1, -0.05) is 12.1 Å². The van der Waals surface area contributed by atoms with Gasteiger partial charge in [-0.15, -0.1) is 0 Å². The Morgan fingerprint density at radius 2 is 1.94 bits per heavy atom. The van der Waals surface area contributed by atoms with Crippen LogP contribution >= 0.6 is 0 Å². The highest BCUT2D eigenvalue weighted by molar-refractivity contribution is 5.24. The van der Waals surface area contributed by atoms with Gasteiger partial charge in [0.2, 0.25) is 0 Å². The minimum absolute atomic E-state index is 0.308. The summed E-state index contributed by atoms with van der Waals surface area (Å²) < 4.78 is 17.9. The van der Waals surface area contributed by atoms with Crippen LogP contribution in [0.2, 0.25) is 0 Å². The molecule has 1 N–H and O–H groups in total. The second kappa shape index (κ2) is 4.10. The Morgan fingerprint density at radius 3 is 2.50 bits per heavy atom. The summed E-state index contributed by atoms with van der Waals surface area (Å²) in [5, 5.41) is 10.3. The molecule has 3 heteroatoms. The first-order valence-corrected chi connectivity index (χ1v) is 5.09. The monoisotopic (exact) mass is 220 g/mol. The molecule has 1 heterocycles. The van der Waals surface area contributed by atoms with Crippen LogP contribution in [-0.2, 0) is 12.0 Å². The average molecular weight is 220 g/mol. The molecular formula is C13H13FO2. The number of hydrogen-bond acceptors (Lipinski definition) is 2. The summed E-state index contributed by atoms with van der Waals surface area (Å²) >= 11 is 0. The van der Waals surface area contributed by atoms with Crippen molar-refractivity contribution in [2.24, 2.45) is 0 Å². The van der Waals surface area contributed by atoms with Gasteiger partial charge in [0.15, 0.2) is 0 Å². The van der Waals surface area contributed by atoms with Crippen molar-refractivity contribution in [1.29, 1.82) is 0 Å². The maximum absolute atomic E-state index is 12.8. The summed E-state index contributed by atoms with van der Waals surface area (Å²) in [5.41, 5.74) is -0.378. The first-order valence-electron chi connectivity index (χ1n) is 5.09. The molecule has 1 unspecified atom stereocenters. The third kappa shape index (κ3) is 2.31. The van der Waals surface area contributed by atoms with Crippen LogP contribution in [0.15, 0.2) is 47.1 Å². The third-order valence-electron chi connectivity index (χ3n) is 2.56. The zero-order valence-electron chi connectivity index (χ0n) is 8.98. The van der Waals surface area contributed by atoms with E-state index in [0.29, 0.717) is 17.7 Å². The molecule has 0 bridgehead atoms. The van der Waals surface area contributed by atoms with Crippen LogP contribution in [0.4, 0.5) is 4.39 Å². The smallest absolute Gasteiger partial charge is 0.123 e. The maximum Gasteiger partial charge on any atom is 0.123 e. The minimum atomic E-state index is -1.05. The summed E-state index contributed by atoms with van der Waals surface area (Å²) in [6, 6.07) is 9.42. The number of hydrogen-bond donors (Lipinski definition) is 1. The second-order valence-corrected chi connectivity index (χ2v) is 4.04. The zero-order valence-corrected chi connectivity index (χ0v) is 8.98. The first-order chi connectivity index (χ1) is 7.58. The van der Waals surface area contributed by atoms with Gasteiger partial charge < -0.3 is 9.52 Å². The SMILES string of the molecule is CC(O)(Cc1ccco1)c1ccc(F)cc1. The first kappa shape index (κ1) is 10.9. The summed E-state index contributed by atoms with van der Waals surface area (Å²) in [6.45, 7) is 1.68. The van der Waals surface area contributed by atoms with Crippen LogP contribution < -0.4 is 0 Å². The van der Waals surface area contributed by atoms with Crippen molar-refractivity contribution in [3.8, 4) is 0 Å². The van der Waals surface area contributed by atoms with Gasteiger partial charge in [-0.2, -0.15) is 0 Å². The van der Waals surface area contributed by atoms with Gasteiger partial charge in [0.1, 0.15) is 11.6 Å². The van der Waals surface area contributed by atoms with Gasteiger partial charge in [0.25, 0.3) is 0 Å². The fourth-order valence-corrected chi connectivity index (χ4v) is 1.66. The van der Waals surface area contributed by atoms with Gasteiger partial charge in [-0.05, 0) is 36.8 Å². The van der Waals surface area contributed by atoms with Crippen LogP contribution in [0.1, 0.15) is 18.2 Å². The molecule has 0 saturated heterocycles. The Kier molecular flexibility index (Phi) is 2.79. The van der Waals surface area contributed by atoms with Crippen molar-refractivity contribution in [1.82, 2.24) is 0 Å². The Morgan fingerprint density at radius 1 is 1.25 bits per heavy atom. The molecule has 0 saturated carbocycles. The number of furan rings is 1. The lowest BCUT2D eigenvalue weighted by atomic mass is 9.91. The summed E-state index contributed by atoms with van der Waals surface area (Å²) in [6.07, 6.45) is 1.93. The fraction of sp³-hybridized carbons (Fsp3) is 0.231. The lowest BCUT2D eigenvalue weighted by Gasteiger charge is -2.22. The minimum Gasteiger partial charge on any atom is -0.469 e. The summed E-state index contributed by atoms with van der Waals surface area (Å²) in [5.74, 6) is 0.395. The molecule has 1 aromatic carbocycles. The van der Waals surface area contributed by atoms with Crippen LogP contribution in [-0.4, -0.2) is 5.11 Å². The van der Waals surface area contributed by atoms with Gasteiger partial charge in [-0.3, -0.25) is 0 Å². The molecule has 0 radical (unpaired) electrons. The van der Waals surface area contributed by atoms with Crippen molar-refractivity contribution >= 4 is 0 Å². The molecule has 0 amide bonds. The van der Waals surface area contributed by atoms with E-state index in [0.717, 1.165) is 0 Å². The molecule has 2 aromatic rings. The van der Waals surface area contributed by atoms with E-state index in [1.807, 2.05) is 0 Å². The Labute approximate surface area is 93.3 Å². The number of rotatable bonds is 3. The van der Waals surface area contributed by atoms with Crippen molar-refractivity contribution in [3.63, 3.8) is 0 Å². The molecule has 1 aromatic heterocycles. The normalized spacial score (nSPS) is 14.7. The number of halogens is 1. The lowest BCUT2D eigenvalue weighted by Crippen LogP contribution is -2.23. The standard InChI is InChI=1S/C13H13FO2/c1-13(15,9-12-3-2-8-16-12)10-4-6-11(14)7-5-10/h2-8,15H,9H2,1H3. The van der Waals surface area contributed by atoms with E-state index in [2.05, 4.69) is 0 Å². The molecule has 84 valence electrons. The van der Waals surface area contributed by atoms with Crippen LogP contribution in [0.3, 0.4) is 0 Å². The quantitative estimate of drug-likeness (QED) is 0.862. The summed E-state index contributed by atoms with van der Waals surface area (Å²) in [4.78, 5) is 0. The largest absolute Gasteiger partial charge is 0.469 e. The van der Waals surface area contributed by atoms with E-state index in [1.165, 1.54) is 12.1 Å². The van der Waals surface area contributed by atoms with Gasteiger partial charge >= 0.3 is 0 Å². The highest BCUT2D eigenvalue weighted by atomic mass is 19.1. The fourth-order valence-electron chi connectivity index (χ4n) is 1.66. The molecule has 0 aliphatic heterocycles. The number of aliphatic hydroxyl groups is 1. The Balaban J connectivity index is 2.21. The highest BCUT2D eigenvalue weighted by Gasteiger charge is 2.24. The van der Waals surface area contributed by atoms with E-state index in [9.17, 15) is 9.50 Å². The van der Waals surface area contributed by atoms with E-state index in [4.69, 9.17) is 4.42 Å². The molecule has 0 aliphatic rings. The van der Waals surface area contributed by atoms with E-state index in [-0.39, 0.29) is 5.82 Å². The maximum atomic E-state index is 12.8. The predicted molar refractivity (Wildman–Crippen MR) is 58.4 cm³/mol. The van der Waals surface area contributed by atoms with Gasteiger partial charge in [0, 0.05) is 6.42 Å². The molecule has 2 rings (SSSR count). The van der Waals surface area contributed by atoms with Crippen LogP contribution in [0.25, 0.3) is 0 Å². The molecule has 16 heavy (non-hydrogen) atoms. The number of benzene rings is 1.